The van der Waals surface area contributed by atoms with Crippen molar-refractivity contribution in [2.24, 2.45) is 11.8 Å². The maximum atomic E-state index is 12.1. The molecule has 1 aliphatic rings. The molecule has 0 aromatic carbocycles. The van der Waals surface area contributed by atoms with Crippen molar-refractivity contribution in [3.63, 3.8) is 0 Å². The lowest BCUT2D eigenvalue weighted by Gasteiger charge is -2.33. The number of amides is 1. The lowest BCUT2D eigenvalue weighted by atomic mass is 9.87. The molecule has 82 valence electrons. The molecule has 0 atom stereocenters. The summed E-state index contributed by atoms with van der Waals surface area (Å²) in [6.45, 7) is 5.25. The van der Waals surface area contributed by atoms with Crippen LogP contribution in [0.3, 0.4) is 0 Å². The van der Waals surface area contributed by atoms with Gasteiger partial charge in [-0.2, -0.15) is 8.78 Å². The molecule has 0 unspecified atom stereocenters. The van der Waals surface area contributed by atoms with Crippen LogP contribution in [-0.4, -0.2) is 30.3 Å². The lowest BCUT2D eigenvalue weighted by Crippen LogP contribution is -2.42. The van der Waals surface area contributed by atoms with Gasteiger partial charge in [0.15, 0.2) is 0 Å². The van der Waals surface area contributed by atoms with Crippen LogP contribution in [0.2, 0.25) is 0 Å². The standard InChI is InChI=1S/C10H17F2NO/c1-7(2)8-3-5-13(6-4-8)10(14)9(11)12/h7-9H,3-6H2,1-2H3. The third-order valence-corrected chi connectivity index (χ3v) is 2.98. The fourth-order valence-electron chi connectivity index (χ4n) is 1.92. The van der Waals surface area contributed by atoms with Crippen molar-refractivity contribution in [3.8, 4) is 0 Å². The molecule has 0 aromatic rings. The first-order chi connectivity index (χ1) is 6.52. The Morgan fingerprint density at radius 3 is 2.14 bits per heavy atom. The van der Waals surface area contributed by atoms with Crippen molar-refractivity contribution < 1.29 is 13.6 Å². The van der Waals surface area contributed by atoms with Gasteiger partial charge in [0.1, 0.15) is 0 Å². The van der Waals surface area contributed by atoms with Crippen molar-refractivity contribution in [3.05, 3.63) is 0 Å². The normalized spacial score (nSPS) is 19.4. The van der Waals surface area contributed by atoms with Crippen molar-refractivity contribution in [2.75, 3.05) is 13.1 Å². The van der Waals surface area contributed by atoms with Gasteiger partial charge < -0.3 is 4.90 Å². The Kier molecular flexibility index (Phi) is 3.84. The number of nitrogens with zero attached hydrogens (tertiary/aromatic N) is 1. The van der Waals surface area contributed by atoms with Crippen molar-refractivity contribution in [2.45, 2.75) is 33.1 Å². The highest BCUT2D eigenvalue weighted by molar-refractivity contribution is 5.79. The van der Waals surface area contributed by atoms with E-state index in [2.05, 4.69) is 13.8 Å². The van der Waals surface area contributed by atoms with E-state index in [0.717, 1.165) is 12.8 Å². The Balaban J connectivity index is 2.39. The van der Waals surface area contributed by atoms with Crippen LogP contribution in [0.1, 0.15) is 26.7 Å². The number of likely N-dealkylation sites (tertiary alicyclic amines) is 1. The Hall–Kier alpha value is -0.670. The highest BCUT2D eigenvalue weighted by Crippen LogP contribution is 2.24. The number of hydrogen-bond acceptors (Lipinski definition) is 1. The number of halogens is 2. The highest BCUT2D eigenvalue weighted by atomic mass is 19.3. The van der Waals surface area contributed by atoms with Crippen LogP contribution in [0, 0.1) is 11.8 Å². The third-order valence-electron chi connectivity index (χ3n) is 2.98. The van der Waals surface area contributed by atoms with Gasteiger partial charge >= 0.3 is 6.43 Å². The summed E-state index contributed by atoms with van der Waals surface area (Å²) in [5, 5.41) is 0. The van der Waals surface area contributed by atoms with Gasteiger partial charge in [-0.1, -0.05) is 13.8 Å². The number of alkyl halides is 2. The molecule has 2 nitrogen and oxygen atoms in total. The molecule has 0 N–H and O–H groups in total. The van der Waals surface area contributed by atoms with Gasteiger partial charge in [0.25, 0.3) is 5.91 Å². The van der Waals surface area contributed by atoms with Crippen LogP contribution >= 0.6 is 0 Å². The third kappa shape index (κ3) is 2.66. The zero-order valence-electron chi connectivity index (χ0n) is 8.67. The topological polar surface area (TPSA) is 20.3 Å². The van der Waals surface area contributed by atoms with E-state index in [1.54, 1.807) is 0 Å². The molecular weight excluding hydrogens is 188 g/mol. The summed E-state index contributed by atoms with van der Waals surface area (Å²) in [5.74, 6) is 0.155. The van der Waals surface area contributed by atoms with Crippen LogP contribution in [0.5, 0.6) is 0 Å². The molecule has 1 amide bonds. The molecule has 1 heterocycles. The van der Waals surface area contributed by atoms with Gasteiger partial charge in [0, 0.05) is 13.1 Å². The quantitative estimate of drug-likeness (QED) is 0.676. The maximum absolute atomic E-state index is 12.1. The van der Waals surface area contributed by atoms with Gasteiger partial charge in [-0.15, -0.1) is 0 Å². The summed E-state index contributed by atoms with van der Waals surface area (Å²) < 4.78 is 24.2. The lowest BCUT2D eigenvalue weighted by molar-refractivity contribution is -0.144. The van der Waals surface area contributed by atoms with Gasteiger partial charge in [-0.05, 0) is 24.7 Å². The first kappa shape index (κ1) is 11.4. The van der Waals surface area contributed by atoms with E-state index in [0.29, 0.717) is 24.9 Å². The Morgan fingerprint density at radius 1 is 1.29 bits per heavy atom. The molecule has 14 heavy (non-hydrogen) atoms. The van der Waals surface area contributed by atoms with Crippen molar-refractivity contribution >= 4 is 5.91 Å². The molecule has 0 bridgehead atoms. The molecule has 0 saturated carbocycles. The van der Waals surface area contributed by atoms with E-state index < -0.39 is 12.3 Å². The highest BCUT2D eigenvalue weighted by Gasteiger charge is 2.28. The second-order valence-electron chi connectivity index (χ2n) is 4.21. The fourth-order valence-corrected chi connectivity index (χ4v) is 1.92. The van der Waals surface area contributed by atoms with E-state index in [9.17, 15) is 13.6 Å². The average Bonchev–Trinajstić information content (AvgIpc) is 2.16. The minimum atomic E-state index is -2.84. The smallest absolute Gasteiger partial charge is 0.315 e. The van der Waals surface area contributed by atoms with Crippen molar-refractivity contribution in [1.82, 2.24) is 4.90 Å². The fraction of sp³-hybridized carbons (Fsp3) is 0.900. The molecule has 0 aliphatic carbocycles. The minimum absolute atomic E-state index is 0.492. The number of carbonyl (C=O) groups is 1. The predicted octanol–water partition coefficient (Wildman–Crippen LogP) is 2.15. The number of carbonyl (C=O) groups excluding carboxylic acids is 1. The molecule has 1 fully saturated rings. The average molecular weight is 205 g/mol. The Morgan fingerprint density at radius 2 is 1.79 bits per heavy atom. The molecule has 1 saturated heterocycles. The van der Waals surface area contributed by atoms with E-state index in [1.165, 1.54) is 4.90 Å². The Labute approximate surface area is 83.3 Å². The van der Waals surface area contributed by atoms with Crippen LogP contribution in [0.4, 0.5) is 8.78 Å². The van der Waals surface area contributed by atoms with E-state index in [1.807, 2.05) is 0 Å². The second-order valence-corrected chi connectivity index (χ2v) is 4.21. The van der Waals surface area contributed by atoms with Gasteiger partial charge in [-0.25, -0.2) is 0 Å². The number of hydrogen-bond donors (Lipinski definition) is 0. The van der Waals surface area contributed by atoms with Crippen LogP contribution in [-0.2, 0) is 4.79 Å². The van der Waals surface area contributed by atoms with E-state index >= 15 is 0 Å². The molecule has 0 radical (unpaired) electrons. The summed E-state index contributed by atoms with van der Waals surface area (Å²) >= 11 is 0. The first-order valence-electron chi connectivity index (χ1n) is 5.09. The number of rotatable bonds is 2. The number of piperidine rings is 1. The summed E-state index contributed by atoms with van der Waals surface area (Å²) in [4.78, 5) is 12.2. The maximum Gasteiger partial charge on any atom is 0.315 e. The molecular formula is C10H17F2NO. The molecule has 0 spiro atoms. The van der Waals surface area contributed by atoms with Gasteiger partial charge in [0.05, 0.1) is 0 Å². The minimum Gasteiger partial charge on any atom is -0.338 e. The Bertz CT molecular complexity index is 198. The van der Waals surface area contributed by atoms with Crippen LogP contribution in [0.15, 0.2) is 0 Å². The summed E-state index contributed by atoms with van der Waals surface area (Å²) in [5.41, 5.74) is 0. The zero-order chi connectivity index (χ0) is 10.7. The predicted molar refractivity (Wildman–Crippen MR) is 50.1 cm³/mol. The van der Waals surface area contributed by atoms with E-state index in [-0.39, 0.29) is 0 Å². The summed E-state index contributed by atoms with van der Waals surface area (Å²) in [6.07, 6.45) is -1.13. The monoisotopic (exact) mass is 205 g/mol. The first-order valence-corrected chi connectivity index (χ1v) is 5.09. The molecule has 4 heteroatoms. The summed E-state index contributed by atoms with van der Waals surface area (Å²) in [6, 6.07) is 0. The summed E-state index contributed by atoms with van der Waals surface area (Å²) in [7, 11) is 0. The van der Waals surface area contributed by atoms with Crippen molar-refractivity contribution in [1.29, 1.82) is 0 Å². The SMILES string of the molecule is CC(C)C1CCN(C(=O)C(F)F)CC1. The second kappa shape index (κ2) is 4.71. The van der Waals surface area contributed by atoms with Crippen LogP contribution < -0.4 is 0 Å². The molecule has 1 aliphatic heterocycles. The molecule has 0 aromatic heterocycles. The van der Waals surface area contributed by atoms with Crippen LogP contribution in [0.25, 0.3) is 0 Å². The van der Waals surface area contributed by atoms with E-state index in [4.69, 9.17) is 0 Å². The largest absolute Gasteiger partial charge is 0.338 e. The molecule has 1 rings (SSSR count). The van der Waals surface area contributed by atoms with Gasteiger partial charge in [0.2, 0.25) is 0 Å². The zero-order valence-corrected chi connectivity index (χ0v) is 8.67. The van der Waals surface area contributed by atoms with Gasteiger partial charge in [-0.3, -0.25) is 4.79 Å².